The van der Waals surface area contributed by atoms with Crippen LogP contribution in [0.5, 0.6) is 0 Å². The van der Waals surface area contributed by atoms with Gasteiger partial charge in [0, 0.05) is 22.8 Å². The van der Waals surface area contributed by atoms with E-state index in [2.05, 4.69) is 10.4 Å². The standard InChI is InChI=1S/C19H17Cl2N3O/c20-16-7-6-15(18(21)11-16)10-19(25)22-9-8-14-12-23-24(13-14)17-4-2-1-3-5-17/h1-7,11-13H,8-10H2,(H,22,25). The number of nitrogens with zero attached hydrogens (tertiary/aromatic N) is 2. The number of amides is 1. The average Bonchev–Trinajstić information content (AvgIpc) is 3.07. The maximum Gasteiger partial charge on any atom is 0.224 e. The first-order chi connectivity index (χ1) is 12.1. The Hall–Kier alpha value is -2.30. The maximum atomic E-state index is 12.0. The van der Waals surface area contributed by atoms with Crippen molar-refractivity contribution in [3.63, 3.8) is 0 Å². The molecule has 0 atom stereocenters. The highest BCUT2D eigenvalue weighted by atomic mass is 35.5. The van der Waals surface area contributed by atoms with E-state index in [1.165, 1.54) is 0 Å². The summed E-state index contributed by atoms with van der Waals surface area (Å²) in [6, 6.07) is 15.0. The number of hydrogen-bond donors (Lipinski definition) is 1. The Balaban J connectivity index is 1.49. The number of nitrogens with one attached hydrogen (secondary N) is 1. The van der Waals surface area contributed by atoms with Gasteiger partial charge in [0.05, 0.1) is 18.3 Å². The van der Waals surface area contributed by atoms with Crippen LogP contribution in [0.3, 0.4) is 0 Å². The van der Waals surface area contributed by atoms with E-state index in [-0.39, 0.29) is 12.3 Å². The number of para-hydroxylation sites is 1. The van der Waals surface area contributed by atoms with Crippen LogP contribution in [0.15, 0.2) is 60.9 Å². The van der Waals surface area contributed by atoms with Gasteiger partial charge in [-0.15, -0.1) is 0 Å². The Labute approximate surface area is 156 Å². The zero-order valence-corrected chi connectivity index (χ0v) is 15.0. The normalized spacial score (nSPS) is 10.6. The van der Waals surface area contributed by atoms with Crippen LogP contribution in [0.25, 0.3) is 5.69 Å². The van der Waals surface area contributed by atoms with E-state index in [1.54, 1.807) is 18.2 Å². The van der Waals surface area contributed by atoms with Crippen molar-refractivity contribution in [1.29, 1.82) is 0 Å². The molecule has 3 aromatic rings. The Morgan fingerprint density at radius 1 is 1.12 bits per heavy atom. The largest absolute Gasteiger partial charge is 0.355 e. The molecule has 0 aliphatic heterocycles. The zero-order chi connectivity index (χ0) is 17.6. The van der Waals surface area contributed by atoms with E-state index in [0.29, 0.717) is 23.0 Å². The fourth-order valence-electron chi connectivity index (χ4n) is 2.46. The Morgan fingerprint density at radius 3 is 2.68 bits per heavy atom. The molecule has 0 saturated heterocycles. The predicted molar refractivity (Wildman–Crippen MR) is 100 cm³/mol. The molecule has 6 heteroatoms. The summed E-state index contributed by atoms with van der Waals surface area (Å²) in [6.07, 6.45) is 4.74. The van der Waals surface area contributed by atoms with E-state index in [4.69, 9.17) is 23.2 Å². The molecule has 0 unspecified atom stereocenters. The number of carbonyl (C=O) groups excluding carboxylic acids is 1. The summed E-state index contributed by atoms with van der Waals surface area (Å²) < 4.78 is 1.82. The van der Waals surface area contributed by atoms with Crippen LogP contribution in [0.2, 0.25) is 10.0 Å². The molecule has 0 aliphatic carbocycles. The molecule has 0 spiro atoms. The molecule has 0 fully saturated rings. The molecular formula is C19H17Cl2N3O. The molecule has 1 N–H and O–H groups in total. The lowest BCUT2D eigenvalue weighted by Gasteiger charge is -2.06. The van der Waals surface area contributed by atoms with Crippen molar-refractivity contribution in [2.45, 2.75) is 12.8 Å². The second-order valence-corrected chi connectivity index (χ2v) is 6.48. The number of rotatable bonds is 6. The summed E-state index contributed by atoms with van der Waals surface area (Å²) in [6.45, 7) is 0.546. The quantitative estimate of drug-likeness (QED) is 0.707. The van der Waals surface area contributed by atoms with Gasteiger partial charge in [-0.1, -0.05) is 47.5 Å². The van der Waals surface area contributed by atoms with Crippen molar-refractivity contribution in [2.75, 3.05) is 6.54 Å². The van der Waals surface area contributed by atoms with Crippen LogP contribution in [-0.4, -0.2) is 22.2 Å². The van der Waals surface area contributed by atoms with Gasteiger partial charge in [0.25, 0.3) is 0 Å². The van der Waals surface area contributed by atoms with E-state index in [0.717, 1.165) is 16.8 Å². The number of halogens is 2. The van der Waals surface area contributed by atoms with E-state index in [9.17, 15) is 4.79 Å². The highest BCUT2D eigenvalue weighted by Gasteiger charge is 2.08. The maximum absolute atomic E-state index is 12.0. The minimum Gasteiger partial charge on any atom is -0.355 e. The van der Waals surface area contributed by atoms with Crippen molar-refractivity contribution in [3.05, 3.63) is 82.1 Å². The van der Waals surface area contributed by atoms with Crippen molar-refractivity contribution in [3.8, 4) is 5.69 Å². The highest BCUT2D eigenvalue weighted by molar-refractivity contribution is 6.35. The third-order valence-electron chi connectivity index (χ3n) is 3.76. The van der Waals surface area contributed by atoms with E-state index >= 15 is 0 Å². The molecular weight excluding hydrogens is 357 g/mol. The summed E-state index contributed by atoms with van der Waals surface area (Å²) in [7, 11) is 0. The van der Waals surface area contributed by atoms with Gasteiger partial charge in [0.2, 0.25) is 5.91 Å². The van der Waals surface area contributed by atoms with Crippen molar-refractivity contribution >= 4 is 29.1 Å². The summed E-state index contributed by atoms with van der Waals surface area (Å²) in [5, 5.41) is 8.31. The molecule has 0 radical (unpaired) electrons. The minimum absolute atomic E-state index is 0.0697. The van der Waals surface area contributed by atoms with Gasteiger partial charge in [0.15, 0.2) is 0 Å². The second kappa shape index (κ2) is 8.19. The summed E-state index contributed by atoms with van der Waals surface area (Å²) >= 11 is 11.9. The second-order valence-electron chi connectivity index (χ2n) is 5.64. The molecule has 0 aliphatic rings. The van der Waals surface area contributed by atoms with Crippen LogP contribution in [0, 0.1) is 0 Å². The molecule has 4 nitrogen and oxygen atoms in total. The summed E-state index contributed by atoms with van der Waals surface area (Å²) in [5.41, 5.74) is 2.84. The van der Waals surface area contributed by atoms with Crippen molar-refractivity contribution in [1.82, 2.24) is 15.1 Å². The molecule has 0 bridgehead atoms. The number of benzene rings is 2. The first-order valence-electron chi connectivity index (χ1n) is 7.91. The van der Waals surface area contributed by atoms with Crippen LogP contribution in [-0.2, 0) is 17.6 Å². The van der Waals surface area contributed by atoms with Crippen molar-refractivity contribution < 1.29 is 4.79 Å². The first-order valence-corrected chi connectivity index (χ1v) is 8.67. The Morgan fingerprint density at radius 2 is 1.92 bits per heavy atom. The fourth-order valence-corrected chi connectivity index (χ4v) is 2.93. The fraction of sp³-hybridized carbons (Fsp3) is 0.158. The SMILES string of the molecule is O=C(Cc1ccc(Cl)cc1Cl)NCCc1cnn(-c2ccccc2)c1. The van der Waals surface area contributed by atoms with Gasteiger partial charge < -0.3 is 5.32 Å². The van der Waals surface area contributed by atoms with Crippen LogP contribution in [0.4, 0.5) is 0 Å². The number of aromatic nitrogens is 2. The monoisotopic (exact) mass is 373 g/mol. The van der Waals surface area contributed by atoms with Gasteiger partial charge in [0.1, 0.15) is 0 Å². The molecule has 0 saturated carbocycles. The minimum atomic E-state index is -0.0697. The molecule has 2 aromatic carbocycles. The number of carbonyl (C=O) groups is 1. The summed E-state index contributed by atoms with van der Waals surface area (Å²) in [4.78, 5) is 12.0. The molecule has 25 heavy (non-hydrogen) atoms. The Bertz CT molecular complexity index is 862. The third kappa shape index (κ3) is 4.84. The molecule has 1 aromatic heterocycles. The zero-order valence-electron chi connectivity index (χ0n) is 13.5. The molecule has 3 rings (SSSR count). The first kappa shape index (κ1) is 17.5. The molecule has 1 heterocycles. The van der Waals surface area contributed by atoms with Gasteiger partial charge in [-0.25, -0.2) is 4.68 Å². The van der Waals surface area contributed by atoms with Crippen LogP contribution < -0.4 is 5.32 Å². The highest BCUT2D eigenvalue weighted by Crippen LogP contribution is 2.21. The number of hydrogen-bond acceptors (Lipinski definition) is 2. The lowest BCUT2D eigenvalue weighted by Crippen LogP contribution is -2.27. The van der Waals surface area contributed by atoms with Gasteiger partial charge in [-0.2, -0.15) is 5.10 Å². The lowest BCUT2D eigenvalue weighted by atomic mass is 10.1. The predicted octanol–water partition coefficient (Wildman–Crippen LogP) is 4.08. The van der Waals surface area contributed by atoms with Crippen LogP contribution >= 0.6 is 23.2 Å². The summed E-state index contributed by atoms with van der Waals surface area (Å²) in [5.74, 6) is -0.0697. The van der Waals surface area contributed by atoms with Gasteiger partial charge in [-0.05, 0) is 41.8 Å². The van der Waals surface area contributed by atoms with Gasteiger partial charge >= 0.3 is 0 Å². The average molecular weight is 374 g/mol. The Kier molecular flexibility index (Phi) is 5.74. The molecule has 128 valence electrons. The third-order valence-corrected chi connectivity index (χ3v) is 4.35. The molecule has 1 amide bonds. The van der Waals surface area contributed by atoms with E-state index < -0.39 is 0 Å². The van der Waals surface area contributed by atoms with Crippen LogP contribution in [0.1, 0.15) is 11.1 Å². The van der Waals surface area contributed by atoms with Crippen molar-refractivity contribution in [2.24, 2.45) is 0 Å². The topological polar surface area (TPSA) is 46.9 Å². The smallest absolute Gasteiger partial charge is 0.224 e. The van der Waals surface area contributed by atoms with Gasteiger partial charge in [-0.3, -0.25) is 4.79 Å². The van der Waals surface area contributed by atoms with E-state index in [1.807, 2.05) is 47.4 Å². The lowest BCUT2D eigenvalue weighted by molar-refractivity contribution is -0.120.